The molecule has 17 heavy (non-hydrogen) atoms. The number of ketones is 1. The number of ether oxygens (including phenoxy) is 2. The Morgan fingerprint density at radius 2 is 2.24 bits per heavy atom. The van der Waals surface area contributed by atoms with Gasteiger partial charge in [0, 0.05) is 19.6 Å². The topological polar surface area (TPSA) is 35.5 Å². The molecular weight excluding hydrogens is 216 g/mol. The summed E-state index contributed by atoms with van der Waals surface area (Å²) in [6, 6.07) is 0. The summed E-state index contributed by atoms with van der Waals surface area (Å²) in [5.41, 5.74) is 0. The van der Waals surface area contributed by atoms with Gasteiger partial charge in [-0.05, 0) is 45.1 Å². The molecule has 1 heterocycles. The van der Waals surface area contributed by atoms with Gasteiger partial charge in [0.25, 0.3) is 0 Å². The molecule has 0 aromatic heterocycles. The number of carbonyl (C=O) groups is 1. The Balaban J connectivity index is 1.88. The highest BCUT2D eigenvalue weighted by Gasteiger charge is 2.13. The van der Waals surface area contributed by atoms with Crippen LogP contribution in [-0.4, -0.2) is 25.3 Å². The molecule has 0 bridgehead atoms. The number of rotatable bonds is 8. The number of allylic oxidation sites excluding steroid dienone is 2. The highest BCUT2D eigenvalue weighted by atomic mass is 16.7. The van der Waals surface area contributed by atoms with Crippen LogP contribution in [0, 0.1) is 0 Å². The standard InChI is InChI=1S/C14H24O3/c1-2-8-13(15)9-4-3-6-11-16-14-10-5-7-12-17-14/h2,8,14H,3-7,9-12H2,1H3. The Bertz CT molecular complexity index is 230. The van der Waals surface area contributed by atoms with E-state index in [0.717, 1.165) is 45.3 Å². The quantitative estimate of drug-likeness (QED) is 0.482. The van der Waals surface area contributed by atoms with Crippen LogP contribution in [0.5, 0.6) is 0 Å². The summed E-state index contributed by atoms with van der Waals surface area (Å²) < 4.78 is 11.1. The molecule has 1 unspecified atom stereocenters. The molecule has 3 heteroatoms. The summed E-state index contributed by atoms with van der Waals surface area (Å²) in [5, 5.41) is 0. The molecule has 98 valence electrons. The van der Waals surface area contributed by atoms with E-state index >= 15 is 0 Å². The summed E-state index contributed by atoms with van der Waals surface area (Å²) in [5.74, 6) is 0.226. The van der Waals surface area contributed by atoms with Crippen molar-refractivity contribution in [2.24, 2.45) is 0 Å². The van der Waals surface area contributed by atoms with E-state index in [-0.39, 0.29) is 12.1 Å². The first kappa shape index (κ1) is 14.4. The van der Waals surface area contributed by atoms with Crippen LogP contribution in [0.3, 0.4) is 0 Å². The molecule has 1 fully saturated rings. The molecular formula is C14H24O3. The van der Waals surface area contributed by atoms with Crippen molar-refractivity contribution in [1.82, 2.24) is 0 Å². The minimum atomic E-state index is 0.0217. The first-order chi connectivity index (χ1) is 8.33. The Kier molecular flexibility index (Phi) is 7.93. The first-order valence-corrected chi connectivity index (χ1v) is 6.71. The fraction of sp³-hybridized carbons (Fsp3) is 0.786. The average Bonchev–Trinajstić information content (AvgIpc) is 2.35. The summed E-state index contributed by atoms with van der Waals surface area (Å²) in [6.07, 6.45) is 10.5. The number of unbranched alkanes of at least 4 members (excludes halogenated alkanes) is 2. The van der Waals surface area contributed by atoms with Crippen LogP contribution in [0.15, 0.2) is 12.2 Å². The van der Waals surface area contributed by atoms with E-state index in [1.807, 2.05) is 6.92 Å². The lowest BCUT2D eigenvalue weighted by Gasteiger charge is -2.22. The monoisotopic (exact) mass is 240 g/mol. The molecule has 0 saturated carbocycles. The van der Waals surface area contributed by atoms with Crippen molar-refractivity contribution in [3.05, 3.63) is 12.2 Å². The average molecular weight is 240 g/mol. The van der Waals surface area contributed by atoms with Gasteiger partial charge in [0.2, 0.25) is 0 Å². The van der Waals surface area contributed by atoms with Crippen molar-refractivity contribution in [3.8, 4) is 0 Å². The molecule has 0 aliphatic carbocycles. The van der Waals surface area contributed by atoms with Gasteiger partial charge in [-0.25, -0.2) is 0 Å². The maximum absolute atomic E-state index is 11.2. The number of hydrogen-bond acceptors (Lipinski definition) is 3. The van der Waals surface area contributed by atoms with Crippen LogP contribution in [-0.2, 0) is 14.3 Å². The van der Waals surface area contributed by atoms with E-state index in [2.05, 4.69) is 0 Å². The second kappa shape index (κ2) is 9.37. The molecule has 1 aliphatic heterocycles. The lowest BCUT2D eigenvalue weighted by molar-refractivity contribution is -0.162. The molecule has 1 saturated heterocycles. The minimum Gasteiger partial charge on any atom is -0.353 e. The van der Waals surface area contributed by atoms with Crippen LogP contribution in [0.4, 0.5) is 0 Å². The Labute approximate surface area is 104 Å². The van der Waals surface area contributed by atoms with Crippen molar-refractivity contribution in [2.75, 3.05) is 13.2 Å². The maximum atomic E-state index is 11.2. The van der Waals surface area contributed by atoms with Crippen LogP contribution >= 0.6 is 0 Å². The number of carbonyl (C=O) groups excluding carboxylic acids is 1. The second-order valence-electron chi connectivity index (χ2n) is 4.44. The molecule has 0 amide bonds. The molecule has 3 nitrogen and oxygen atoms in total. The van der Waals surface area contributed by atoms with Crippen LogP contribution < -0.4 is 0 Å². The molecule has 0 radical (unpaired) electrons. The summed E-state index contributed by atoms with van der Waals surface area (Å²) in [4.78, 5) is 11.2. The van der Waals surface area contributed by atoms with Gasteiger partial charge in [0.1, 0.15) is 0 Å². The first-order valence-electron chi connectivity index (χ1n) is 6.71. The van der Waals surface area contributed by atoms with Crippen molar-refractivity contribution in [1.29, 1.82) is 0 Å². The fourth-order valence-corrected chi connectivity index (χ4v) is 1.90. The van der Waals surface area contributed by atoms with Gasteiger partial charge in [0.15, 0.2) is 12.1 Å². The van der Waals surface area contributed by atoms with Crippen LogP contribution in [0.2, 0.25) is 0 Å². The van der Waals surface area contributed by atoms with E-state index in [9.17, 15) is 4.79 Å². The lowest BCUT2D eigenvalue weighted by Crippen LogP contribution is -2.22. The van der Waals surface area contributed by atoms with Gasteiger partial charge in [-0.15, -0.1) is 0 Å². The zero-order chi connectivity index (χ0) is 12.3. The second-order valence-corrected chi connectivity index (χ2v) is 4.44. The van der Waals surface area contributed by atoms with Crippen LogP contribution in [0.1, 0.15) is 51.9 Å². The molecule has 0 aromatic carbocycles. The largest absolute Gasteiger partial charge is 0.353 e. The van der Waals surface area contributed by atoms with Crippen molar-refractivity contribution in [2.45, 2.75) is 58.2 Å². The Morgan fingerprint density at radius 1 is 1.35 bits per heavy atom. The van der Waals surface area contributed by atoms with Crippen molar-refractivity contribution < 1.29 is 14.3 Å². The highest BCUT2D eigenvalue weighted by molar-refractivity contribution is 5.89. The van der Waals surface area contributed by atoms with Gasteiger partial charge in [-0.2, -0.15) is 0 Å². The van der Waals surface area contributed by atoms with Crippen LogP contribution in [0.25, 0.3) is 0 Å². The van der Waals surface area contributed by atoms with Crippen molar-refractivity contribution in [3.63, 3.8) is 0 Å². The third-order valence-electron chi connectivity index (χ3n) is 2.86. The Hall–Kier alpha value is -0.670. The predicted molar refractivity (Wildman–Crippen MR) is 67.8 cm³/mol. The minimum absolute atomic E-state index is 0.0217. The molecule has 1 rings (SSSR count). The van der Waals surface area contributed by atoms with E-state index < -0.39 is 0 Å². The van der Waals surface area contributed by atoms with E-state index in [1.54, 1.807) is 12.2 Å². The smallest absolute Gasteiger partial charge is 0.157 e. The van der Waals surface area contributed by atoms with E-state index in [1.165, 1.54) is 6.42 Å². The fourth-order valence-electron chi connectivity index (χ4n) is 1.90. The third kappa shape index (κ3) is 7.29. The maximum Gasteiger partial charge on any atom is 0.157 e. The van der Waals surface area contributed by atoms with E-state index in [0.29, 0.717) is 6.42 Å². The number of hydrogen-bond donors (Lipinski definition) is 0. The molecule has 1 atom stereocenters. The summed E-state index contributed by atoms with van der Waals surface area (Å²) in [6.45, 7) is 3.46. The Morgan fingerprint density at radius 3 is 2.94 bits per heavy atom. The van der Waals surface area contributed by atoms with Gasteiger partial charge < -0.3 is 9.47 Å². The third-order valence-corrected chi connectivity index (χ3v) is 2.86. The SMILES string of the molecule is CC=CC(=O)CCCCCOC1CCCCO1. The molecule has 0 spiro atoms. The predicted octanol–water partition coefficient (Wildman–Crippen LogP) is 3.24. The van der Waals surface area contributed by atoms with Gasteiger partial charge in [-0.1, -0.05) is 12.5 Å². The molecule has 0 aromatic rings. The molecule has 1 aliphatic rings. The zero-order valence-electron chi connectivity index (χ0n) is 10.8. The van der Waals surface area contributed by atoms with E-state index in [4.69, 9.17) is 9.47 Å². The molecule has 0 N–H and O–H groups in total. The summed E-state index contributed by atoms with van der Waals surface area (Å²) >= 11 is 0. The van der Waals surface area contributed by atoms with Gasteiger partial charge in [0.05, 0.1) is 0 Å². The van der Waals surface area contributed by atoms with Gasteiger partial charge >= 0.3 is 0 Å². The van der Waals surface area contributed by atoms with Gasteiger partial charge in [-0.3, -0.25) is 4.79 Å². The summed E-state index contributed by atoms with van der Waals surface area (Å²) in [7, 11) is 0. The van der Waals surface area contributed by atoms with Crippen molar-refractivity contribution >= 4 is 5.78 Å². The normalized spacial score (nSPS) is 20.9. The zero-order valence-corrected chi connectivity index (χ0v) is 10.8. The lowest BCUT2D eigenvalue weighted by atomic mass is 10.1. The highest BCUT2D eigenvalue weighted by Crippen LogP contribution is 2.14.